The number of Topliss-reactive ketones (excluding diaryl/α,β-unsaturated/α-hetero) is 1. The van der Waals surface area contributed by atoms with Gasteiger partial charge in [0.15, 0.2) is 0 Å². The Morgan fingerprint density at radius 1 is 1.28 bits per heavy atom. The van der Waals surface area contributed by atoms with Gasteiger partial charge in [0.25, 0.3) is 0 Å². The summed E-state index contributed by atoms with van der Waals surface area (Å²) >= 11 is 1.65. The van der Waals surface area contributed by atoms with Crippen molar-refractivity contribution in [2.75, 3.05) is 0 Å². The van der Waals surface area contributed by atoms with Gasteiger partial charge in [0, 0.05) is 17.4 Å². The smallest absolute Gasteiger partial charge is 0.130 e. The lowest BCUT2D eigenvalue weighted by molar-refractivity contribution is -0.116. The molecule has 0 spiro atoms. The maximum atomic E-state index is 10.9. The van der Waals surface area contributed by atoms with E-state index in [4.69, 9.17) is 0 Å². The maximum Gasteiger partial charge on any atom is 0.130 e. The van der Waals surface area contributed by atoms with Crippen LogP contribution in [-0.2, 0) is 17.6 Å². The molecule has 2 nitrogen and oxygen atoms in total. The van der Waals surface area contributed by atoms with E-state index in [1.807, 2.05) is 5.38 Å². The van der Waals surface area contributed by atoms with Crippen molar-refractivity contribution in [3.8, 4) is 10.6 Å². The Hall–Kier alpha value is -1.48. The van der Waals surface area contributed by atoms with Crippen LogP contribution in [0.15, 0.2) is 29.6 Å². The average Bonchev–Trinajstić information content (AvgIpc) is 2.85. The molecule has 2 aromatic rings. The van der Waals surface area contributed by atoms with Gasteiger partial charge in [0.05, 0.1) is 5.69 Å². The molecule has 18 heavy (non-hydrogen) atoms. The van der Waals surface area contributed by atoms with Crippen LogP contribution in [0.3, 0.4) is 0 Å². The van der Waals surface area contributed by atoms with E-state index in [2.05, 4.69) is 36.2 Å². The summed E-state index contributed by atoms with van der Waals surface area (Å²) in [6.07, 6.45) is 2.39. The van der Waals surface area contributed by atoms with Crippen LogP contribution < -0.4 is 0 Å². The third-order valence-corrected chi connectivity index (χ3v) is 3.83. The van der Waals surface area contributed by atoms with Gasteiger partial charge in [-0.2, -0.15) is 0 Å². The Kier molecular flexibility index (Phi) is 4.26. The topological polar surface area (TPSA) is 30.0 Å². The predicted molar refractivity (Wildman–Crippen MR) is 75.9 cm³/mol. The van der Waals surface area contributed by atoms with E-state index in [0.29, 0.717) is 6.42 Å². The zero-order valence-corrected chi connectivity index (χ0v) is 11.6. The molecule has 0 saturated heterocycles. The normalized spacial score (nSPS) is 10.6. The number of carbonyl (C=O) groups is 1. The van der Waals surface area contributed by atoms with Crippen molar-refractivity contribution in [2.45, 2.75) is 33.1 Å². The summed E-state index contributed by atoms with van der Waals surface area (Å²) in [5, 5.41) is 3.09. The number of carbonyl (C=O) groups excluding carboxylic acids is 1. The fraction of sp³-hybridized carbons (Fsp3) is 0.333. The molecule has 0 unspecified atom stereocenters. The van der Waals surface area contributed by atoms with Crippen LogP contribution >= 0.6 is 11.3 Å². The van der Waals surface area contributed by atoms with E-state index in [9.17, 15) is 4.79 Å². The molecule has 0 saturated carbocycles. The third-order valence-electron chi connectivity index (χ3n) is 2.89. The molecule has 1 aromatic carbocycles. The molecule has 0 aliphatic carbocycles. The van der Waals surface area contributed by atoms with Gasteiger partial charge in [-0.05, 0) is 25.3 Å². The molecule has 0 atom stereocenters. The molecule has 0 aliphatic rings. The largest absolute Gasteiger partial charge is 0.300 e. The van der Waals surface area contributed by atoms with Crippen molar-refractivity contribution >= 4 is 17.1 Å². The standard InChI is InChI=1S/C15H17NOS/c1-3-12-5-7-13(8-6-12)15-16-14(10-18-15)9-4-11(2)17/h5-8,10H,3-4,9H2,1-2H3. The van der Waals surface area contributed by atoms with Gasteiger partial charge in [-0.1, -0.05) is 31.2 Å². The Balaban J connectivity index is 2.10. The predicted octanol–water partition coefficient (Wildman–Crippen LogP) is 3.89. The SMILES string of the molecule is CCc1ccc(-c2nc(CCC(C)=O)cs2)cc1. The summed E-state index contributed by atoms with van der Waals surface area (Å²) in [5.41, 5.74) is 3.52. The molecular weight excluding hydrogens is 242 g/mol. The Morgan fingerprint density at radius 2 is 2.00 bits per heavy atom. The minimum absolute atomic E-state index is 0.219. The Morgan fingerprint density at radius 3 is 2.61 bits per heavy atom. The van der Waals surface area contributed by atoms with E-state index in [1.165, 1.54) is 5.56 Å². The van der Waals surface area contributed by atoms with E-state index in [1.54, 1.807) is 18.3 Å². The highest BCUT2D eigenvalue weighted by Crippen LogP contribution is 2.24. The molecule has 1 aromatic heterocycles. The lowest BCUT2D eigenvalue weighted by atomic mass is 10.1. The van der Waals surface area contributed by atoms with Crippen molar-refractivity contribution in [2.24, 2.45) is 0 Å². The highest BCUT2D eigenvalue weighted by Gasteiger charge is 2.05. The molecule has 0 fully saturated rings. The van der Waals surface area contributed by atoms with Crippen molar-refractivity contribution in [3.05, 3.63) is 40.9 Å². The van der Waals surface area contributed by atoms with E-state index < -0.39 is 0 Å². The fourth-order valence-corrected chi connectivity index (χ4v) is 2.60. The molecule has 3 heteroatoms. The molecule has 0 N–H and O–H groups in total. The number of benzene rings is 1. The summed E-state index contributed by atoms with van der Waals surface area (Å²) in [7, 11) is 0. The number of hydrogen-bond acceptors (Lipinski definition) is 3. The minimum Gasteiger partial charge on any atom is -0.300 e. The number of rotatable bonds is 5. The molecule has 94 valence electrons. The van der Waals surface area contributed by atoms with Gasteiger partial charge in [-0.15, -0.1) is 11.3 Å². The summed E-state index contributed by atoms with van der Waals surface area (Å²) < 4.78 is 0. The van der Waals surface area contributed by atoms with Crippen LogP contribution in [0, 0.1) is 0 Å². The van der Waals surface area contributed by atoms with Gasteiger partial charge >= 0.3 is 0 Å². The molecule has 0 amide bonds. The highest BCUT2D eigenvalue weighted by atomic mass is 32.1. The number of hydrogen-bond donors (Lipinski definition) is 0. The number of thiazole rings is 1. The number of aryl methyl sites for hydroxylation is 2. The first kappa shape index (κ1) is 13.0. The number of aromatic nitrogens is 1. The lowest BCUT2D eigenvalue weighted by Gasteiger charge is -1.99. The molecular formula is C15H17NOS. The van der Waals surface area contributed by atoms with Gasteiger partial charge in [0.1, 0.15) is 10.8 Å². The molecule has 0 radical (unpaired) electrons. The first-order valence-electron chi connectivity index (χ1n) is 6.22. The van der Waals surface area contributed by atoms with Crippen LogP contribution in [0.5, 0.6) is 0 Å². The van der Waals surface area contributed by atoms with Crippen LogP contribution in [0.2, 0.25) is 0 Å². The second kappa shape index (κ2) is 5.91. The Bertz CT molecular complexity index is 528. The van der Waals surface area contributed by atoms with Crippen LogP contribution in [-0.4, -0.2) is 10.8 Å². The summed E-state index contributed by atoms with van der Waals surface area (Å²) in [5.74, 6) is 0.219. The van der Waals surface area contributed by atoms with Crippen LogP contribution in [0.1, 0.15) is 31.5 Å². The van der Waals surface area contributed by atoms with E-state index in [-0.39, 0.29) is 5.78 Å². The third kappa shape index (κ3) is 3.26. The maximum absolute atomic E-state index is 10.9. The monoisotopic (exact) mass is 259 g/mol. The van der Waals surface area contributed by atoms with Gasteiger partial charge < -0.3 is 4.79 Å². The van der Waals surface area contributed by atoms with Gasteiger partial charge in [-0.3, -0.25) is 0 Å². The molecule has 2 rings (SSSR count). The first-order valence-corrected chi connectivity index (χ1v) is 7.10. The van der Waals surface area contributed by atoms with Gasteiger partial charge in [-0.25, -0.2) is 4.98 Å². The zero-order chi connectivity index (χ0) is 13.0. The van der Waals surface area contributed by atoms with E-state index >= 15 is 0 Å². The summed E-state index contributed by atoms with van der Waals surface area (Å²) in [6.45, 7) is 3.77. The van der Waals surface area contributed by atoms with Crippen molar-refractivity contribution in [3.63, 3.8) is 0 Å². The minimum atomic E-state index is 0.219. The van der Waals surface area contributed by atoms with Gasteiger partial charge in [0.2, 0.25) is 0 Å². The highest BCUT2D eigenvalue weighted by molar-refractivity contribution is 7.13. The second-order valence-corrected chi connectivity index (χ2v) is 5.25. The molecule has 0 bridgehead atoms. The number of nitrogens with zero attached hydrogens (tertiary/aromatic N) is 1. The fourth-order valence-electron chi connectivity index (χ4n) is 1.74. The molecule has 1 heterocycles. The number of ketones is 1. The van der Waals surface area contributed by atoms with Crippen molar-refractivity contribution in [1.29, 1.82) is 0 Å². The zero-order valence-electron chi connectivity index (χ0n) is 10.8. The average molecular weight is 259 g/mol. The van der Waals surface area contributed by atoms with Crippen LogP contribution in [0.4, 0.5) is 0 Å². The first-order chi connectivity index (χ1) is 8.69. The lowest BCUT2D eigenvalue weighted by Crippen LogP contribution is -1.94. The van der Waals surface area contributed by atoms with E-state index in [0.717, 1.165) is 29.1 Å². The molecule has 0 aliphatic heterocycles. The second-order valence-electron chi connectivity index (χ2n) is 4.40. The van der Waals surface area contributed by atoms with Crippen molar-refractivity contribution < 1.29 is 4.79 Å². The Labute approximate surface area is 112 Å². The van der Waals surface area contributed by atoms with Crippen LogP contribution in [0.25, 0.3) is 10.6 Å². The quantitative estimate of drug-likeness (QED) is 0.815. The summed E-state index contributed by atoms with van der Waals surface area (Å²) in [6, 6.07) is 8.52. The summed E-state index contributed by atoms with van der Waals surface area (Å²) in [4.78, 5) is 15.5. The van der Waals surface area contributed by atoms with Crippen molar-refractivity contribution in [1.82, 2.24) is 4.98 Å².